The largest absolute Gasteiger partial charge is 0.383 e. The Labute approximate surface area is 194 Å². The number of benzene rings is 1. The van der Waals surface area contributed by atoms with E-state index in [0.29, 0.717) is 6.54 Å². The number of hydrogen-bond donors (Lipinski definition) is 2. The number of anilines is 2. The molecule has 0 spiro atoms. The molecule has 2 heterocycles. The van der Waals surface area contributed by atoms with Gasteiger partial charge in [-0.15, -0.1) is 0 Å². The van der Waals surface area contributed by atoms with Gasteiger partial charge >= 0.3 is 5.69 Å². The van der Waals surface area contributed by atoms with Crippen molar-refractivity contribution in [1.29, 1.82) is 0 Å². The van der Waals surface area contributed by atoms with E-state index >= 15 is 0 Å². The van der Waals surface area contributed by atoms with Gasteiger partial charge in [0, 0.05) is 26.2 Å². The predicted molar refractivity (Wildman–Crippen MR) is 130 cm³/mol. The highest BCUT2D eigenvalue weighted by Crippen LogP contribution is 2.32. The maximum Gasteiger partial charge on any atom is 0.330 e. The molecular weight excluding hydrogens is 422 g/mol. The smallest absolute Gasteiger partial charge is 0.330 e. The van der Waals surface area contributed by atoms with Gasteiger partial charge in [0.1, 0.15) is 5.82 Å². The van der Waals surface area contributed by atoms with Gasteiger partial charge in [-0.05, 0) is 37.8 Å². The monoisotopic (exact) mass is 457 g/mol. The number of nitrogens with one attached hydrogen (secondary N) is 1. The number of aromatic nitrogens is 2. The van der Waals surface area contributed by atoms with Gasteiger partial charge in [0.2, 0.25) is 5.91 Å². The molecule has 0 saturated carbocycles. The summed E-state index contributed by atoms with van der Waals surface area (Å²) in [5.74, 6) is -0.122. The van der Waals surface area contributed by atoms with Crippen molar-refractivity contribution in [2.75, 3.05) is 44.0 Å². The van der Waals surface area contributed by atoms with Gasteiger partial charge < -0.3 is 15.4 Å². The summed E-state index contributed by atoms with van der Waals surface area (Å²) in [6.45, 7) is 7.61. The van der Waals surface area contributed by atoms with Gasteiger partial charge in [0.15, 0.2) is 5.69 Å². The van der Waals surface area contributed by atoms with Crippen molar-refractivity contribution < 1.29 is 9.53 Å². The number of amides is 1. The van der Waals surface area contributed by atoms with E-state index in [-0.39, 0.29) is 49.1 Å². The quantitative estimate of drug-likeness (QED) is 0.595. The van der Waals surface area contributed by atoms with Gasteiger partial charge in [0.05, 0.1) is 13.2 Å². The molecule has 1 aromatic carbocycles. The molecule has 180 valence electrons. The number of carbonyl (C=O) groups excluding carboxylic acids is 1. The first-order chi connectivity index (χ1) is 15.7. The lowest BCUT2D eigenvalue weighted by Crippen LogP contribution is -2.46. The molecule has 1 aromatic heterocycles. The second-order valence-electron chi connectivity index (χ2n) is 9.07. The number of nitrogen functional groups attached to an aromatic ring is 1. The van der Waals surface area contributed by atoms with Gasteiger partial charge in [-0.1, -0.05) is 43.7 Å². The lowest BCUT2D eigenvalue weighted by atomic mass is 10.0. The zero-order valence-electron chi connectivity index (χ0n) is 20.0. The van der Waals surface area contributed by atoms with Gasteiger partial charge in [-0.3, -0.25) is 24.0 Å². The van der Waals surface area contributed by atoms with Crippen LogP contribution < -0.4 is 21.9 Å². The fourth-order valence-electron chi connectivity index (χ4n) is 4.37. The molecule has 1 aliphatic heterocycles. The highest BCUT2D eigenvalue weighted by Gasteiger charge is 2.31. The summed E-state index contributed by atoms with van der Waals surface area (Å²) in [7, 11) is 1.53. The van der Waals surface area contributed by atoms with Crippen LogP contribution in [0.2, 0.25) is 0 Å². The van der Waals surface area contributed by atoms with E-state index in [1.165, 1.54) is 27.7 Å². The van der Waals surface area contributed by atoms with Crippen LogP contribution in [0.4, 0.5) is 11.5 Å². The average Bonchev–Trinajstić information content (AvgIpc) is 3.21. The number of nitrogens with zero attached hydrogens (tertiary/aromatic N) is 3. The Bertz CT molecular complexity index is 1070. The number of hydrogen-bond acceptors (Lipinski definition) is 6. The Morgan fingerprint density at radius 3 is 2.61 bits per heavy atom. The summed E-state index contributed by atoms with van der Waals surface area (Å²) in [6, 6.07) is 8.52. The molecule has 9 nitrogen and oxygen atoms in total. The van der Waals surface area contributed by atoms with Gasteiger partial charge in [0.25, 0.3) is 5.56 Å². The molecule has 33 heavy (non-hydrogen) atoms. The van der Waals surface area contributed by atoms with E-state index in [1.54, 1.807) is 0 Å². The maximum absolute atomic E-state index is 13.5. The number of carbonyl (C=O) groups is 1. The standard InChI is InChI=1S/C24H35N5O4/c1-16(2)14-29-22(25)21(23(31)26-24(29)32)28(12-13-33-4)20(30)15-27-11-5-6-19(27)18-9-7-17(3)8-10-18/h7-10,16,19H,5-6,11-15,25H2,1-4H3,(H,26,31,32)/t19-/m0/s1. The van der Waals surface area contributed by atoms with Crippen LogP contribution in [0.3, 0.4) is 0 Å². The van der Waals surface area contributed by atoms with Crippen LogP contribution in [-0.2, 0) is 16.1 Å². The second-order valence-corrected chi connectivity index (χ2v) is 9.07. The molecule has 1 fully saturated rings. The van der Waals surface area contributed by atoms with E-state index < -0.39 is 11.2 Å². The van der Waals surface area contributed by atoms with Gasteiger partial charge in [-0.25, -0.2) is 4.79 Å². The fraction of sp³-hybridized carbons (Fsp3) is 0.542. The summed E-state index contributed by atoms with van der Waals surface area (Å²) >= 11 is 0. The molecule has 0 unspecified atom stereocenters. The molecule has 3 N–H and O–H groups in total. The number of H-pyrrole nitrogens is 1. The van der Waals surface area contributed by atoms with E-state index in [0.717, 1.165) is 19.4 Å². The molecule has 1 atom stereocenters. The third-order valence-corrected chi connectivity index (χ3v) is 6.02. The van der Waals surface area contributed by atoms with E-state index in [4.69, 9.17) is 10.5 Å². The van der Waals surface area contributed by atoms with Crippen LogP contribution in [0.15, 0.2) is 33.9 Å². The number of aromatic amines is 1. The number of ether oxygens (including phenoxy) is 1. The first-order valence-electron chi connectivity index (χ1n) is 11.5. The number of methoxy groups -OCH3 is 1. The Kier molecular flexibility index (Phi) is 8.10. The normalized spacial score (nSPS) is 16.5. The van der Waals surface area contributed by atoms with Crippen LogP contribution in [0.25, 0.3) is 0 Å². The topological polar surface area (TPSA) is 114 Å². The maximum atomic E-state index is 13.5. The second kappa shape index (κ2) is 10.8. The minimum atomic E-state index is -0.668. The SMILES string of the molecule is COCCN(C(=O)CN1CCC[C@H]1c1ccc(C)cc1)c1c(N)n(CC(C)C)c(=O)[nH]c1=O. The fourth-order valence-corrected chi connectivity index (χ4v) is 4.37. The average molecular weight is 458 g/mol. The third-order valence-electron chi connectivity index (χ3n) is 6.02. The van der Waals surface area contributed by atoms with Crippen molar-refractivity contribution in [3.8, 4) is 0 Å². The zero-order chi connectivity index (χ0) is 24.1. The van der Waals surface area contributed by atoms with Crippen LogP contribution in [-0.4, -0.2) is 53.7 Å². The molecule has 1 aliphatic rings. The molecule has 0 radical (unpaired) electrons. The number of likely N-dealkylation sites (tertiary alicyclic amines) is 1. The molecule has 0 bridgehead atoms. The van der Waals surface area contributed by atoms with Crippen molar-refractivity contribution in [3.63, 3.8) is 0 Å². The van der Waals surface area contributed by atoms with E-state index in [1.807, 2.05) is 20.8 Å². The first kappa shape index (κ1) is 24.7. The Morgan fingerprint density at radius 2 is 1.97 bits per heavy atom. The van der Waals surface area contributed by atoms with Gasteiger partial charge in [-0.2, -0.15) is 0 Å². The summed E-state index contributed by atoms with van der Waals surface area (Å²) in [5, 5.41) is 0. The predicted octanol–water partition coefficient (Wildman–Crippen LogP) is 1.90. The molecule has 2 aromatic rings. The minimum Gasteiger partial charge on any atom is -0.383 e. The minimum absolute atomic E-state index is 0.00147. The molecule has 1 amide bonds. The summed E-state index contributed by atoms with van der Waals surface area (Å²) in [6.07, 6.45) is 1.96. The highest BCUT2D eigenvalue weighted by molar-refractivity contribution is 5.96. The van der Waals surface area contributed by atoms with E-state index in [2.05, 4.69) is 34.1 Å². The molecule has 1 saturated heterocycles. The number of nitrogens with two attached hydrogens (primary N) is 1. The summed E-state index contributed by atoms with van der Waals surface area (Å²) < 4.78 is 6.50. The third kappa shape index (κ3) is 5.72. The zero-order valence-corrected chi connectivity index (χ0v) is 20.0. The first-order valence-corrected chi connectivity index (χ1v) is 11.5. The Hall–Kier alpha value is -2.91. The van der Waals surface area contributed by atoms with Crippen molar-refractivity contribution in [1.82, 2.24) is 14.5 Å². The molecule has 0 aliphatic carbocycles. The van der Waals surface area contributed by atoms with Crippen LogP contribution >= 0.6 is 0 Å². The Balaban J connectivity index is 1.91. The van der Waals surface area contributed by atoms with Crippen LogP contribution in [0, 0.1) is 12.8 Å². The highest BCUT2D eigenvalue weighted by atomic mass is 16.5. The Morgan fingerprint density at radius 1 is 1.27 bits per heavy atom. The molecule has 9 heteroatoms. The lowest BCUT2D eigenvalue weighted by Gasteiger charge is -2.29. The van der Waals surface area contributed by atoms with Crippen molar-refractivity contribution in [2.45, 2.75) is 46.2 Å². The summed E-state index contributed by atoms with van der Waals surface area (Å²) in [4.78, 5) is 44.4. The van der Waals surface area contributed by atoms with Crippen LogP contribution in [0.5, 0.6) is 0 Å². The summed E-state index contributed by atoms with van der Waals surface area (Å²) in [5.41, 5.74) is 7.41. The van der Waals surface area contributed by atoms with Crippen LogP contribution in [0.1, 0.15) is 43.9 Å². The molecular formula is C24H35N5O4. The van der Waals surface area contributed by atoms with E-state index in [9.17, 15) is 14.4 Å². The number of rotatable bonds is 9. The lowest BCUT2D eigenvalue weighted by molar-refractivity contribution is -0.120. The molecule has 3 rings (SSSR count). The number of aryl methyl sites for hydroxylation is 1. The van der Waals surface area contributed by atoms with Crippen molar-refractivity contribution in [2.24, 2.45) is 5.92 Å². The van der Waals surface area contributed by atoms with Crippen molar-refractivity contribution in [3.05, 3.63) is 56.2 Å². The van der Waals surface area contributed by atoms with Crippen molar-refractivity contribution >= 4 is 17.4 Å².